The van der Waals surface area contributed by atoms with Gasteiger partial charge in [0.1, 0.15) is 11.9 Å². The summed E-state index contributed by atoms with van der Waals surface area (Å²) in [7, 11) is 5.92. The molecule has 11 heteroatoms. The Bertz CT molecular complexity index is 1520. The van der Waals surface area contributed by atoms with Gasteiger partial charge in [0.2, 0.25) is 0 Å². The Morgan fingerprint density at radius 2 is 1.76 bits per heavy atom. The standard InChI is InChI=1S/C38H50N6O3S.H2S/c1-39-37(45)46-36-10-6-9-35(36)38(27-41(2)26-29-7-4-5-8-34(29)38)30-17-21-43(22-18-30)23-28-24-44(25-28)32-11-13-33(14-12-32)47-48-42(3)31-15-19-40-20-16-31;/h4-5,7-8,11-16,19-20,28,30,35-36H,6,9-10,17-18,21-27H2,1-3H3,(H,39,45);1H2/t35?,36-,38?;/m0./s1. The SMILES string of the molecule is CNC(=O)O[C@H]1CCCC1C1(C2CCN(CC3CN(c4ccc(OSN(C)c5ccncc5)cc4)C3)CC2)CN(C)Cc2ccccc21.S. The summed E-state index contributed by atoms with van der Waals surface area (Å²) >= 11 is 1.31. The van der Waals surface area contributed by atoms with Crippen molar-refractivity contribution in [3.63, 3.8) is 0 Å². The molecule has 9 nitrogen and oxygen atoms in total. The van der Waals surface area contributed by atoms with Gasteiger partial charge in [-0.15, -0.1) is 0 Å². The van der Waals surface area contributed by atoms with Gasteiger partial charge in [-0.3, -0.25) is 9.29 Å². The number of ether oxygens (including phenoxy) is 1. The molecule has 2 saturated heterocycles. The summed E-state index contributed by atoms with van der Waals surface area (Å²) in [6.45, 7) is 7.66. The summed E-state index contributed by atoms with van der Waals surface area (Å²) in [5.74, 6) is 2.45. The lowest BCUT2D eigenvalue weighted by molar-refractivity contribution is -0.0106. The van der Waals surface area contributed by atoms with Gasteiger partial charge in [0.25, 0.3) is 0 Å². The van der Waals surface area contributed by atoms with Gasteiger partial charge in [0.05, 0.1) is 5.69 Å². The summed E-state index contributed by atoms with van der Waals surface area (Å²) in [6.07, 6.45) is 8.83. The molecule has 1 amide bonds. The maximum Gasteiger partial charge on any atom is 0.407 e. The number of alkyl carbamates (subject to hydrolysis) is 1. The molecule has 0 radical (unpaired) electrons. The number of nitrogens with zero attached hydrogens (tertiary/aromatic N) is 5. The van der Waals surface area contributed by atoms with Crippen LogP contribution in [0.5, 0.6) is 5.75 Å². The maximum atomic E-state index is 12.4. The number of carbonyl (C=O) groups is 1. The number of fused-ring (bicyclic) bond motifs is 1. The lowest BCUT2D eigenvalue weighted by Gasteiger charge is -2.54. The fourth-order valence-corrected chi connectivity index (χ4v) is 9.63. The number of aromatic nitrogens is 1. The van der Waals surface area contributed by atoms with Crippen molar-refractivity contribution in [2.45, 2.75) is 50.2 Å². The number of carbonyl (C=O) groups excluding carboxylic acids is 1. The normalized spacial score (nSPS) is 24.8. The summed E-state index contributed by atoms with van der Waals surface area (Å²) in [5, 5.41) is 2.71. The Morgan fingerprint density at radius 1 is 1.02 bits per heavy atom. The van der Waals surface area contributed by atoms with Crippen LogP contribution in [0.25, 0.3) is 0 Å². The van der Waals surface area contributed by atoms with Gasteiger partial charge in [0, 0.05) is 82.2 Å². The molecule has 0 bridgehead atoms. The van der Waals surface area contributed by atoms with E-state index in [9.17, 15) is 4.79 Å². The zero-order valence-corrected chi connectivity index (χ0v) is 30.9. The predicted octanol–water partition coefficient (Wildman–Crippen LogP) is 6.33. The van der Waals surface area contributed by atoms with E-state index in [2.05, 4.69) is 80.6 Å². The number of hydrogen-bond acceptors (Lipinski definition) is 9. The molecule has 2 unspecified atom stereocenters. The fraction of sp³-hybridized carbons (Fsp3) is 0.526. The van der Waals surface area contributed by atoms with Crippen molar-refractivity contribution in [3.05, 3.63) is 84.2 Å². The second kappa shape index (κ2) is 15.8. The van der Waals surface area contributed by atoms with Crippen molar-refractivity contribution in [2.75, 3.05) is 69.6 Å². The van der Waals surface area contributed by atoms with Crippen LogP contribution in [0.4, 0.5) is 16.2 Å². The van der Waals surface area contributed by atoms with Crippen LogP contribution >= 0.6 is 25.7 Å². The van der Waals surface area contributed by atoms with E-state index in [4.69, 9.17) is 8.92 Å². The number of hydrogen-bond donors (Lipinski definition) is 1. The average molecular weight is 705 g/mol. The van der Waals surface area contributed by atoms with Crippen LogP contribution < -0.4 is 18.7 Å². The first-order valence-corrected chi connectivity index (χ1v) is 18.3. The Morgan fingerprint density at radius 3 is 2.49 bits per heavy atom. The predicted molar refractivity (Wildman–Crippen MR) is 204 cm³/mol. The molecule has 7 rings (SSSR count). The lowest BCUT2D eigenvalue weighted by Crippen LogP contribution is -2.58. The molecule has 3 aliphatic heterocycles. The monoisotopic (exact) mass is 704 g/mol. The number of anilines is 2. The van der Waals surface area contributed by atoms with E-state index in [0.717, 1.165) is 76.5 Å². The summed E-state index contributed by atoms with van der Waals surface area (Å²) in [4.78, 5) is 24.2. The third-order valence-electron chi connectivity index (χ3n) is 11.3. The van der Waals surface area contributed by atoms with Crippen LogP contribution in [-0.4, -0.2) is 87.4 Å². The van der Waals surface area contributed by atoms with Crippen molar-refractivity contribution >= 4 is 43.2 Å². The Kier molecular flexibility index (Phi) is 11.5. The summed E-state index contributed by atoms with van der Waals surface area (Å²) in [5.41, 5.74) is 5.27. The quantitative estimate of drug-likeness (QED) is 0.193. The van der Waals surface area contributed by atoms with Gasteiger partial charge in [-0.05, 0) is 106 Å². The third kappa shape index (κ3) is 7.65. The first-order valence-electron chi connectivity index (χ1n) is 17.6. The van der Waals surface area contributed by atoms with E-state index in [1.54, 1.807) is 19.4 Å². The van der Waals surface area contributed by atoms with Gasteiger partial charge >= 0.3 is 6.09 Å². The average Bonchev–Trinajstić information content (AvgIpc) is 3.57. The zero-order chi connectivity index (χ0) is 33.1. The molecule has 264 valence electrons. The van der Waals surface area contributed by atoms with E-state index >= 15 is 0 Å². The van der Waals surface area contributed by atoms with E-state index in [0.29, 0.717) is 17.8 Å². The molecule has 1 aromatic heterocycles. The molecular formula is C38H52N6O3S2. The Hall–Kier alpha value is -3.12. The second-order valence-corrected chi connectivity index (χ2v) is 15.2. The molecule has 3 aromatic rings. The number of rotatable bonds is 10. The van der Waals surface area contributed by atoms with Gasteiger partial charge in [-0.1, -0.05) is 24.3 Å². The van der Waals surface area contributed by atoms with Crippen LogP contribution in [0.2, 0.25) is 0 Å². The molecule has 1 aliphatic carbocycles. The number of piperidine rings is 1. The highest BCUT2D eigenvalue weighted by atomic mass is 32.2. The highest BCUT2D eigenvalue weighted by molar-refractivity contribution is 7.96. The largest absolute Gasteiger partial charge is 0.446 e. The van der Waals surface area contributed by atoms with Crippen LogP contribution in [-0.2, 0) is 16.7 Å². The summed E-state index contributed by atoms with van der Waals surface area (Å²) < 4.78 is 14.0. The highest BCUT2D eigenvalue weighted by Gasteiger charge is 2.55. The topological polar surface area (TPSA) is 73.4 Å². The minimum Gasteiger partial charge on any atom is -0.446 e. The summed E-state index contributed by atoms with van der Waals surface area (Å²) in [6, 6.07) is 21.5. The number of likely N-dealkylation sites (N-methyl/N-ethyl adjacent to an activating group) is 1. The molecule has 0 spiro atoms. The number of pyridine rings is 1. The fourth-order valence-electron chi connectivity index (χ4n) is 9.11. The lowest BCUT2D eigenvalue weighted by atomic mass is 9.56. The first-order chi connectivity index (χ1) is 23.4. The molecule has 3 atom stereocenters. The molecule has 49 heavy (non-hydrogen) atoms. The van der Waals surface area contributed by atoms with Crippen LogP contribution in [0.15, 0.2) is 73.1 Å². The Labute approximate surface area is 303 Å². The van der Waals surface area contributed by atoms with Crippen molar-refractivity contribution in [1.82, 2.24) is 20.1 Å². The van der Waals surface area contributed by atoms with Crippen molar-refractivity contribution in [1.29, 1.82) is 0 Å². The number of nitrogens with one attached hydrogen (secondary N) is 1. The van der Waals surface area contributed by atoms with E-state index in [1.165, 1.54) is 41.9 Å². The molecule has 1 N–H and O–H groups in total. The van der Waals surface area contributed by atoms with E-state index in [-0.39, 0.29) is 31.1 Å². The van der Waals surface area contributed by atoms with E-state index in [1.807, 2.05) is 23.5 Å². The molecule has 4 aliphatic rings. The minimum absolute atomic E-state index is 0. The molecular weight excluding hydrogens is 653 g/mol. The maximum absolute atomic E-state index is 12.4. The van der Waals surface area contributed by atoms with Crippen molar-refractivity contribution in [2.24, 2.45) is 17.8 Å². The van der Waals surface area contributed by atoms with Crippen LogP contribution in [0.1, 0.15) is 43.2 Å². The molecule has 1 saturated carbocycles. The van der Waals surface area contributed by atoms with Gasteiger partial charge < -0.3 is 28.9 Å². The molecule has 2 aromatic carbocycles. The van der Waals surface area contributed by atoms with Crippen LogP contribution in [0.3, 0.4) is 0 Å². The van der Waals surface area contributed by atoms with Crippen LogP contribution in [0, 0.1) is 17.8 Å². The zero-order valence-electron chi connectivity index (χ0n) is 29.1. The Balaban J connectivity index is 0.00000417. The second-order valence-electron chi connectivity index (χ2n) is 14.3. The van der Waals surface area contributed by atoms with Gasteiger partial charge in [-0.25, -0.2) is 4.79 Å². The van der Waals surface area contributed by atoms with E-state index < -0.39 is 0 Å². The van der Waals surface area contributed by atoms with Crippen molar-refractivity contribution in [3.8, 4) is 5.75 Å². The van der Waals surface area contributed by atoms with Gasteiger partial charge in [0.15, 0.2) is 12.2 Å². The highest BCUT2D eigenvalue weighted by Crippen LogP contribution is 2.54. The first kappa shape index (κ1) is 35.7. The number of likely N-dealkylation sites (tertiary alicyclic amines) is 1. The van der Waals surface area contributed by atoms with Gasteiger partial charge in [-0.2, -0.15) is 13.5 Å². The smallest absolute Gasteiger partial charge is 0.407 e. The van der Waals surface area contributed by atoms with Crippen molar-refractivity contribution < 1.29 is 13.7 Å². The number of amides is 1. The number of benzene rings is 2. The molecule has 3 fully saturated rings. The molecule has 4 heterocycles. The third-order valence-corrected chi connectivity index (χ3v) is 12.0. The minimum atomic E-state index is -0.295.